The lowest BCUT2D eigenvalue weighted by atomic mass is 10.1. The Morgan fingerprint density at radius 1 is 1.07 bits per heavy atom. The van der Waals surface area contributed by atoms with Gasteiger partial charge in [0.25, 0.3) is 5.91 Å². The van der Waals surface area contributed by atoms with E-state index >= 15 is 0 Å². The van der Waals surface area contributed by atoms with E-state index in [4.69, 9.17) is 38.0 Å². The first kappa shape index (κ1) is 29.1. The Balaban J connectivity index is 1.47. The monoisotopic (exact) mass is 607 g/mol. The van der Waals surface area contributed by atoms with Gasteiger partial charge < -0.3 is 14.2 Å². The predicted molar refractivity (Wildman–Crippen MR) is 148 cm³/mol. The molecule has 0 atom stereocenters. The SMILES string of the molecule is COc1cc(C=C2SC(=S)N(c3cccc(C(F)(F)F)c3)C2=O)ccc1OCC(=O)Oc1cc(Cl)ccc1C=O. The molecule has 3 aromatic carbocycles. The highest BCUT2D eigenvalue weighted by Gasteiger charge is 2.36. The highest BCUT2D eigenvalue weighted by Crippen LogP contribution is 2.39. The third-order valence-corrected chi connectivity index (χ3v) is 6.92. The van der Waals surface area contributed by atoms with Crippen LogP contribution in [0.25, 0.3) is 6.08 Å². The standard InChI is InChI=1S/C27H17ClF3NO6S2/c1-36-22-9-15(5-8-20(22)37-14-24(34)38-21-12-18(28)7-6-16(21)13-33)10-23-25(35)32(26(39)40-23)19-4-2-3-17(11-19)27(29,30)31/h2-13H,14H2,1H3. The summed E-state index contributed by atoms with van der Waals surface area (Å²) in [5, 5.41) is 0.276. The average Bonchev–Trinajstić information content (AvgIpc) is 3.19. The number of rotatable bonds is 8. The molecule has 0 aromatic heterocycles. The molecular weight excluding hydrogens is 591 g/mol. The first-order valence-electron chi connectivity index (χ1n) is 11.2. The molecule has 40 heavy (non-hydrogen) atoms. The van der Waals surface area contributed by atoms with Crippen molar-refractivity contribution in [2.24, 2.45) is 0 Å². The van der Waals surface area contributed by atoms with Crippen LogP contribution in [0.4, 0.5) is 18.9 Å². The molecule has 206 valence electrons. The molecule has 1 aliphatic heterocycles. The van der Waals surface area contributed by atoms with Crippen molar-refractivity contribution in [3.05, 3.63) is 87.3 Å². The number of methoxy groups -OCH3 is 1. The number of thioether (sulfide) groups is 1. The number of nitrogens with zero attached hydrogens (tertiary/aromatic N) is 1. The first-order chi connectivity index (χ1) is 19.0. The molecule has 0 aliphatic carbocycles. The third kappa shape index (κ3) is 6.64. The summed E-state index contributed by atoms with van der Waals surface area (Å²) in [7, 11) is 1.37. The maximum absolute atomic E-state index is 13.1. The smallest absolute Gasteiger partial charge is 0.416 e. The molecular formula is C27H17ClF3NO6S2. The van der Waals surface area contributed by atoms with Gasteiger partial charge in [0, 0.05) is 11.1 Å². The van der Waals surface area contributed by atoms with Gasteiger partial charge in [-0.3, -0.25) is 14.5 Å². The van der Waals surface area contributed by atoms with Crippen LogP contribution in [0.15, 0.2) is 65.6 Å². The summed E-state index contributed by atoms with van der Waals surface area (Å²) < 4.78 is 55.5. The number of halogens is 4. The number of anilines is 1. The predicted octanol–water partition coefficient (Wildman–Crippen LogP) is 6.57. The summed E-state index contributed by atoms with van der Waals surface area (Å²) in [6.07, 6.45) is -2.54. The fourth-order valence-electron chi connectivity index (χ4n) is 3.54. The molecule has 0 spiro atoms. The van der Waals surface area contributed by atoms with Crippen molar-refractivity contribution in [1.29, 1.82) is 0 Å². The van der Waals surface area contributed by atoms with E-state index in [2.05, 4.69) is 0 Å². The molecule has 3 aromatic rings. The van der Waals surface area contributed by atoms with Gasteiger partial charge in [0.1, 0.15) is 5.75 Å². The lowest BCUT2D eigenvalue weighted by Crippen LogP contribution is -2.27. The zero-order valence-electron chi connectivity index (χ0n) is 20.4. The number of thiocarbonyl (C=S) groups is 1. The van der Waals surface area contributed by atoms with Crippen LogP contribution in [0.3, 0.4) is 0 Å². The molecule has 7 nitrogen and oxygen atoms in total. The Bertz CT molecular complexity index is 1540. The van der Waals surface area contributed by atoms with Gasteiger partial charge in [-0.25, -0.2) is 4.79 Å². The van der Waals surface area contributed by atoms with Crippen LogP contribution in [0.2, 0.25) is 5.02 Å². The van der Waals surface area contributed by atoms with E-state index in [9.17, 15) is 27.6 Å². The van der Waals surface area contributed by atoms with E-state index in [1.807, 2.05) is 0 Å². The van der Waals surface area contributed by atoms with Gasteiger partial charge >= 0.3 is 12.1 Å². The Morgan fingerprint density at radius 2 is 1.85 bits per heavy atom. The zero-order valence-corrected chi connectivity index (χ0v) is 22.7. The van der Waals surface area contributed by atoms with E-state index in [0.29, 0.717) is 11.8 Å². The molecule has 0 bridgehead atoms. The summed E-state index contributed by atoms with van der Waals surface area (Å²) in [6, 6.07) is 13.2. The van der Waals surface area contributed by atoms with Gasteiger partial charge in [0.15, 0.2) is 28.7 Å². The Labute approximate surface area is 240 Å². The molecule has 0 unspecified atom stereocenters. The quantitative estimate of drug-likeness (QED) is 0.0935. The average molecular weight is 608 g/mol. The van der Waals surface area contributed by atoms with Crippen molar-refractivity contribution >= 4 is 69.8 Å². The van der Waals surface area contributed by atoms with E-state index in [1.54, 1.807) is 12.1 Å². The molecule has 0 saturated carbocycles. The van der Waals surface area contributed by atoms with Crippen molar-refractivity contribution in [2.45, 2.75) is 6.18 Å². The molecule has 1 fully saturated rings. The van der Waals surface area contributed by atoms with Crippen LogP contribution < -0.4 is 19.1 Å². The van der Waals surface area contributed by atoms with Gasteiger partial charge in [0.2, 0.25) is 0 Å². The summed E-state index contributed by atoms with van der Waals surface area (Å²) in [5.74, 6) is -0.969. The Hall–Kier alpha value is -3.87. The van der Waals surface area contributed by atoms with Crippen molar-refractivity contribution in [2.75, 3.05) is 18.6 Å². The Kier molecular flexibility index (Phi) is 8.82. The fraction of sp³-hybridized carbons (Fsp3) is 0.111. The lowest BCUT2D eigenvalue weighted by Gasteiger charge is -2.16. The topological polar surface area (TPSA) is 82.1 Å². The number of esters is 1. The number of hydrogen-bond acceptors (Lipinski definition) is 8. The van der Waals surface area contributed by atoms with Crippen molar-refractivity contribution in [3.8, 4) is 17.2 Å². The lowest BCUT2D eigenvalue weighted by molar-refractivity contribution is -0.138. The minimum absolute atomic E-state index is 0.00646. The molecule has 13 heteroatoms. The summed E-state index contributed by atoms with van der Waals surface area (Å²) in [5.41, 5.74) is -0.250. The van der Waals surface area contributed by atoms with Crippen LogP contribution >= 0.6 is 35.6 Å². The fourth-order valence-corrected chi connectivity index (χ4v) is 5.00. The van der Waals surface area contributed by atoms with Crippen LogP contribution in [-0.4, -0.2) is 36.2 Å². The second-order valence-corrected chi connectivity index (χ2v) is 10.2. The Morgan fingerprint density at radius 3 is 2.55 bits per heavy atom. The zero-order chi connectivity index (χ0) is 29.0. The number of benzene rings is 3. The number of aldehydes is 1. The van der Waals surface area contributed by atoms with Crippen LogP contribution in [0.5, 0.6) is 17.2 Å². The molecule has 0 N–H and O–H groups in total. The number of carbonyl (C=O) groups excluding carboxylic acids is 3. The summed E-state index contributed by atoms with van der Waals surface area (Å²) >= 11 is 12.1. The van der Waals surface area contributed by atoms with Crippen molar-refractivity contribution < 1.29 is 41.8 Å². The van der Waals surface area contributed by atoms with E-state index in [0.717, 1.165) is 28.8 Å². The second-order valence-electron chi connectivity index (χ2n) is 8.04. The largest absolute Gasteiger partial charge is 0.493 e. The molecule has 4 rings (SSSR count). The highest BCUT2D eigenvalue weighted by molar-refractivity contribution is 8.27. The van der Waals surface area contributed by atoms with Gasteiger partial charge in [0.05, 0.1) is 28.8 Å². The molecule has 1 saturated heterocycles. The van der Waals surface area contributed by atoms with Gasteiger partial charge in [-0.05, 0) is 54.1 Å². The minimum atomic E-state index is -4.57. The van der Waals surface area contributed by atoms with E-state index in [-0.39, 0.29) is 42.7 Å². The number of carbonyl (C=O) groups is 3. The maximum atomic E-state index is 13.1. The summed E-state index contributed by atoms with van der Waals surface area (Å²) in [6.45, 7) is -0.518. The second kappa shape index (κ2) is 12.1. The van der Waals surface area contributed by atoms with Crippen LogP contribution in [-0.2, 0) is 15.8 Å². The molecule has 1 heterocycles. The van der Waals surface area contributed by atoms with Gasteiger partial charge in [-0.1, -0.05) is 47.7 Å². The molecule has 1 aliphatic rings. The number of hydrogen-bond donors (Lipinski definition) is 0. The number of ether oxygens (including phenoxy) is 3. The van der Waals surface area contributed by atoms with Crippen LogP contribution in [0.1, 0.15) is 21.5 Å². The minimum Gasteiger partial charge on any atom is -0.493 e. The normalized spacial score (nSPS) is 14.4. The summed E-state index contributed by atoms with van der Waals surface area (Å²) in [4.78, 5) is 37.7. The first-order valence-corrected chi connectivity index (χ1v) is 12.8. The highest BCUT2D eigenvalue weighted by atomic mass is 35.5. The maximum Gasteiger partial charge on any atom is 0.416 e. The third-order valence-electron chi connectivity index (χ3n) is 5.38. The molecule has 1 amide bonds. The number of alkyl halides is 3. The van der Waals surface area contributed by atoms with Crippen molar-refractivity contribution in [3.63, 3.8) is 0 Å². The van der Waals surface area contributed by atoms with Gasteiger partial charge in [-0.2, -0.15) is 13.2 Å². The van der Waals surface area contributed by atoms with E-state index in [1.165, 1.54) is 49.6 Å². The van der Waals surface area contributed by atoms with Crippen molar-refractivity contribution in [1.82, 2.24) is 0 Å². The number of amides is 1. The van der Waals surface area contributed by atoms with E-state index < -0.39 is 30.2 Å². The van der Waals surface area contributed by atoms with Gasteiger partial charge in [-0.15, -0.1) is 0 Å². The molecule has 0 radical (unpaired) electrons. The van der Waals surface area contributed by atoms with Crippen LogP contribution in [0, 0.1) is 0 Å².